The van der Waals surface area contributed by atoms with Gasteiger partial charge in [-0.3, -0.25) is 4.79 Å². The van der Waals surface area contributed by atoms with Crippen LogP contribution in [0.5, 0.6) is 11.5 Å². The Morgan fingerprint density at radius 3 is 2.54 bits per heavy atom. The maximum Gasteiger partial charge on any atom is 0.319 e. The van der Waals surface area contributed by atoms with Gasteiger partial charge >= 0.3 is 6.03 Å². The molecule has 8 heteroatoms. The molecule has 0 aromatic heterocycles. The van der Waals surface area contributed by atoms with Gasteiger partial charge in [0, 0.05) is 23.6 Å². The number of primary amides is 1. The summed E-state index contributed by atoms with van der Waals surface area (Å²) in [5, 5.41) is 5.69. The Kier molecular flexibility index (Phi) is 8.48. The quantitative estimate of drug-likeness (QED) is 0.529. The van der Waals surface area contributed by atoms with Crippen LogP contribution in [0.4, 0.5) is 10.5 Å². The number of rotatable bonds is 10. The predicted octanol–water partition coefficient (Wildman–Crippen LogP) is 3.04. The summed E-state index contributed by atoms with van der Waals surface area (Å²) in [5.41, 5.74) is 6.89. The standard InChI is InChI=1S/C20H25N3O4S/c1-26-16-8-7-14(13-17(16)27-2)9-11-22-20(25)23-15-5-3-4-6-18(15)28-12-10-19(21)24/h3-8,13H,9-12H2,1-2H3,(H2,21,24)(H2,22,23,25). The lowest BCUT2D eigenvalue weighted by molar-refractivity contribution is -0.117. The molecule has 0 saturated heterocycles. The average Bonchev–Trinajstić information content (AvgIpc) is 2.69. The number of nitrogens with one attached hydrogen (secondary N) is 2. The summed E-state index contributed by atoms with van der Waals surface area (Å²) in [6.45, 7) is 0.471. The number of hydrogen-bond acceptors (Lipinski definition) is 5. The van der Waals surface area contributed by atoms with Crippen LogP contribution in [0, 0.1) is 0 Å². The first kappa shape index (κ1) is 21.4. The highest BCUT2D eigenvalue weighted by Crippen LogP contribution is 2.28. The lowest BCUT2D eigenvalue weighted by atomic mass is 10.1. The zero-order valence-corrected chi connectivity index (χ0v) is 16.8. The molecule has 150 valence electrons. The van der Waals surface area contributed by atoms with Gasteiger partial charge in [-0.25, -0.2) is 4.79 Å². The number of ether oxygens (including phenoxy) is 2. The van der Waals surface area contributed by atoms with E-state index in [4.69, 9.17) is 15.2 Å². The van der Waals surface area contributed by atoms with Gasteiger partial charge in [0.2, 0.25) is 5.91 Å². The summed E-state index contributed by atoms with van der Waals surface area (Å²) in [6.07, 6.45) is 0.944. The Balaban J connectivity index is 1.85. The number of methoxy groups -OCH3 is 2. The molecule has 2 aromatic carbocycles. The number of thioether (sulfide) groups is 1. The smallest absolute Gasteiger partial charge is 0.319 e. The summed E-state index contributed by atoms with van der Waals surface area (Å²) in [5.74, 6) is 1.55. The van der Waals surface area contributed by atoms with Gasteiger partial charge in [0.05, 0.1) is 19.9 Å². The highest BCUT2D eigenvalue weighted by Gasteiger charge is 2.08. The Morgan fingerprint density at radius 2 is 1.82 bits per heavy atom. The Morgan fingerprint density at radius 1 is 1.07 bits per heavy atom. The molecule has 0 unspecified atom stereocenters. The van der Waals surface area contributed by atoms with Gasteiger partial charge in [0.15, 0.2) is 11.5 Å². The monoisotopic (exact) mass is 403 g/mol. The predicted molar refractivity (Wildman–Crippen MR) is 111 cm³/mol. The zero-order valence-electron chi connectivity index (χ0n) is 16.0. The van der Waals surface area contributed by atoms with Crippen molar-refractivity contribution in [1.82, 2.24) is 5.32 Å². The minimum atomic E-state index is -0.342. The van der Waals surface area contributed by atoms with Gasteiger partial charge in [-0.15, -0.1) is 11.8 Å². The number of carbonyl (C=O) groups excluding carboxylic acids is 2. The van der Waals surface area contributed by atoms with Crippen LogP contribution in [0.25, 0.3) is 0 Å². The molecular formula is C20H25N3O4S. The van der Waals surface area contributed by atoms with Crippen molar-refractivity contribution < 1.29 is 19.1 Å². The second-order valence-corrected chi connectivity index (χ2v) is 7.02. The molecule has 0 atom stereocenters. The van der Waals surface area contributed by atoms with E-state index in [2.05, 4.69) is 10.6 Å². The van der Waals surface area contributed by atoms with E-state index in [0.29, 0.717) is 35.9 Å². The number of amides is 3. The van der Waals surface area contributed by atoms with Crippen molar-refractivity contribution in [3.05, 3.63) is 48.0 Å². The maximum atomic E-state index is 12.2. The molecule has 0 aliphatic rings. The molecule has 0 radical (unpaired) electrons. The SMILES string of the molecule is COc1ccc(CCNC(=O)Nc2ccccc2SCCC(N)=O)cc1OC. The first-order valence-electron chi connectivity index (χ1n) is 8.79. The van der Waals surface area contributed by atoms with Gasteiger partial charge < -0.3 is 25.8 Å². The van der Waals surface area contributed by atoms with E-state index < -0.39 is 0 Å². The van der Waals surface area contributed by atoms with E-state index in [-0.39, 0.29) is 18.4 Å². The molecule has 28 heavy (non-hydrogen) atoms. The van der Waals surface area contributed by atoms with Crippen molar-refractivity contribution in [3.8, 4) is 11.5 Å². The summed E-state index contributed by atoms with van der Waals surface area (Å²) < 4.78 is 10.5. The van der Waals surface area contributed by atoms with Crippen molar-refractivity contribution in [1.29, 1.82) is 0 Å². The van der Waals surface area contributed by atoms with E-state index in [1.165, 1.54) is 11.8 Å². The molecule has 2 aromatic rings. The average molecular weight is 404 g/mol. The Bertz CT molecular complexity index is 814. The van der Waals surface area contributed by atoms with Crippen LogP contribution in [0.1, 0.15) is 12.0 Å². The molecule has 0 aliphatic heterocycles. The number of anilines is 1. The summed E-state index contributed by atoms with van der Waals surface area (Å²) >= 11 is 1.48. The van der Waals surface area contributed by atoms with Gasteiger partial charge in [-0.05, 0) is 36.2 Å². The number of urea groups is 1. The summed E-state index contributed by atoms with van der Waals surface area (Å²) in [7, 11) is 3.18. The van der Waals surface area contributed by atoms with Crippen molar-refractivity contribution in [2.24, 2.45) is 5.73 Å². The molecule has 0 fully saturated rings. The molecular weight excluding hydrogens is 378 g/mol. The number of carbonyl (C=O) groups is 2. The molecule has 0 spiro atoms. The Labute approximate surface area is 169 Å². The van der Waals surface area contributed by atoms with Crippen LogP contribution in [0.3, 0.4) is 0 Å². The van der Waals surface area contributed by atoms with E-state index in [1.807, 2.05) is 42.5 Å². The molecule has 0 saturated carbocycles. The fourth-order valence-corrected chi connectivity index (χ4v) is 3.45. The minimum absolute atomic E-state index is 0.288. The van der Waals surface area contributed by atoms with Crippen molar-refractivity contribution in [2.45, 2.75) is 17.7 Å². The third-order valence-corrected chi connectivity index (χ3v) is 4.96. The summed E-state index contributed by atoms with van der Waals surface area (Å²) in [6, 6.07) is 12.8. The molecule has 0 aliphatic carbocycles. The van der Waals surface area contributed by atoms with Gasteiger partial charge in [-0.2, -0.15) is 0 Å². The molecule has 3 amide bonds. The second-order valence-electron chi connectivity index (χ2n) is 5.88. The normalized spacial score (nSPS) is 10.2. The van der Waals surface area contributed by atoms with Gasteiger partial charge in [0.1, 0.15) is 0 Å². The number of nitrogens with two attached hydrogens (primary N) is 1. The fourth-order valence-electron chi connectivity index (χ4n) is 2.48. The fraction of sp³-hybridized carbons (Fsp3) is 0.300. The number of benzene rings is 2. The van der Waals surface area contributed by atoms with Crippen LogP contribution in [0.2, 0.25) is 0 Å². The summed E-state index contributed by atoms with van der Waals surface area (Å²) in [4.78, 5) is 24.0. The van der Waals surface area contributed by atoms with E-state index in [1.54, 1.807) is 14.2 Å². The van der Waals surface area contributed by atoms with Crippen molar-refractivity contribution >= 4 is 29.4 Å². The first-order chi connectivity index (χ1) is 13.5. The third-order valence-electron chi connectivity index (χ3n) is 3.89. The van der Waals surface area contributed by atoms with Crippen molar-refractivity contribution in [2.75, 3.05) is 31.8 Å². The van der Waals surface area contributed by atoms with Crippen molar-refractivity contribution in [3.63, 3.8) is 0 Å². The number of para-hydroxylation sites is 1. The molecule has 0 heterocycles. The molecule has 0 bridgehead atoms. The lowest BCUT2D eigenvalue weighted by Gasteiger charge is -2.12. The number of hydrogen-bond donors (Lipinski definition) is 3. The highest BCUT2D eigenvalue weighted by atomic mass is 32.2. The lowest BCUT2D eigenvalue weighted by Crippen LogP contribution is -2.30. The molecule has 2 rings (SSSR count). The van der Waals surface area contributed by atoms with E-state index in [9.17, 15) is 9.59 Å². The molecule has 4 N–H and O–H groups in total. The highest BCUT2D eigenvalue weighted by molar-refractivity contribution is 7.99. The van der Waals surface area contributed by atoms with E-state index >= 15 is 0 Å². The van der Waals surface area contributed by atoms with Gasteiger partial charge in [-0.1, -0.05) is 18.2 Å². The largest absolute Gasteiger partial charge is 0.493 e. The van der Waals surface area contributed by atoms with E-state index in [0.717, 1.165) is 10.5 Å². The van der Waals surface area contributed by atoms with Crippen LogP contribution >= 0.6 is 11.8 Å². The third kappa shape index (κ3) is 6.70. The Hall–Kier alpha value is -2.87. The first-order valence-corrected chi connectivity index (χ1v) is 9.78. The topological polar surface area (TPSA) is 103 Å². The van der Waals surface area contributed by atoms with Gasteiger partial charge in [0.25, 0.3) is 0 Å². The van der Waals surface area contributed by atoms with Crippen LogP contribution in [0.15, 0.2) is 47.4 Å². The molecule has 7 nitrogen and oxygen atoms in total. The second kappa shape index (κ2) is 11.1. The minimum Gasteiger partial charge on any atom is -0.493 e. The maximum absolute atomic E-state index is 12.2. The van der Waals surface area contributed by atoms with Crippen LogP contribution < -0.4 is 25.8 Å². The van der Waals surface area contributed by atoms with Crippen LogP contribution in [-0.2, 0) is 11.2 Å². The van der Waals surface area contributed by atoms with Crippen LogP contribution in [-0.4, -0.2) is 38.5 Å². The zero-order chi connectivity index (χ0) is 20.4.